The Bertz CT molecular complexity index is 473. The van der Waals surface area contributed by atoms with Crippen molar-refractivity contribution in [1.82, 2.24) is 4.90 Å². The molecular formula is C13H21NO5S. The van der Waals surface area contributed by atoms with E-state index in [0.29, 0.717) is 38.8 Å². The molecule has 0 bridgehead atoms. The van der Waals surface area contributed by atoms with Gasteiger partial charge in [0.05, 0.1) is 11.2 Å². The average molecular weight is 303 g/mol. The van der Waals surface area contributed by atoms with Crippen LogP contribution in [0.3, 0.4) is 0 Å². The summed E-state index contributed by atoms with van der Waals surface area (Å²) in [6.45, 7) is 0.686. The zero-order valence-corrected chi connectivity index (χ0v) is 12.3. The number of carboxylic acids is 1. The molecule has 0 atom stereocenters. The number of carboxylic acid groups (broad SMARTS) is 1. The quantitative estimate of drug-likeness (QED) is 0.824. The van der Waals surface area contributed by atoms with E-state index in [1.807, 2.05) is 0 Å². The van der Waals surface area contributed by atoms with Crippen LogP contribution in [0.4, 0.5) is 0 Å². The molecule has 0 spiro atoms. The fourth-order valence-corrected chi connectivity index (χ4v) is 4.82. The van der Waals surface area contributed by atoms with Crippen molar-refractivity contribution < 1.29 is 23.1 Å². The molecule has 1 saturated carbocycles. The predicted molar refractivity (Wildman–Crippen MR) is 73.0 cm³/mol. The first-order chi connectivity index (χ1) is 9.40. The molecule has 1 aliphatic carbocycles. The van der Waals surface area contributed by atoms with Gasteiger partial charge in [0.15, 0.2) is 9.84 Å². The third-order valence-electron chi connectivity index (χ3n) is 4.33. The lowest BCUT2D eigenvalue weighted by molar-refractivity contribution is -0.145. The Balaban J connectivity index is 1.88. The zero-order chi connectivity index (χ0) is 14.8. The number of carbonyl (C=O) groups excluding carboxylic acids is 1. The first-order valence-electron chi connectivity index (χ1n) is 7.12. The Labute approximate surface area is 119 Å². The third kappa shape index (κ3) is 3.50. The number of hydrogen-bond acceptors (Lipinski definition) is 4. The summed E-state index contributed by atoms with van der Waals surface area (Å²) in [7, 11) is -3.35. The molecule has 20 heavy (non-hydrogen) atoms. The zero-order valence-electron chi connectivity index (χ0n) is 11.5. The Kier molecular flexibility index (Phi) is 4.67. The van der Waals surface area contributed by atoms with E-state index in [1.54, 1.807) is 0 Å². The smallest absolute Gasteiger partial charge is 0.306 e. The van der Waals surface area contributed by atoms with Crippen molar-refractivity contribution >= 4 is 21.7 Å². The molecule has 0 aromatic rings. The van der Waals surface area contributed by atoms with Crippen LogP contribution in [0.15, 0.2) is 0 Å². The molecule has 0 radical (unpaired) electrons. The Hall–Kier alpha value is -1.11. The second-order valence-electron chi connectivity index (χ2n) is 5.71. The molecule has 2 fully saturated rings. The molecule has 1 N–H and O–H groups in total. The highest BCUT2D eigenvalue weighted by Crippen LogP contribution is 2.26. The predicted octanol–water partition coefficient (Wildman–Crippen LogP) is 0.667. The van der Waals surface area contributed by atoms with E-state index in [4.69, 9.17) is 5.11 Å². The molecule has 1 heterocycles. The van der Waals surface area contributed by atoms with Crippen molar-refractivity contribution in [3.8, 4) is 0 Å². The summed E-state index contributed by atoms with van der Waals surface area (Å²) in [5, 5.41) is 8.54. The summed E-state index contributed by atoms with van der Waals surface area (Å²) in [6, 6.07) is 0. The van der Waals surface area contributed by atoms with Gasteiger partial charge in [-0.2, -0.15) is 0 Å². The fraction of sp³-hybridized carbons (Fsp3) is 0.846. The monoisotopic (exact) mass is 303 g/mol. The molecule has 114 valence electrons. The van der Waals surface area contributed by atoms with Crippen molar-refractivity contribution in [3.05, 3.63) is 0 Å². The van der Waals surface area contributed by atoms with Gasteiger partial charge < -0.3 is 10.0 Å². The molecule has 2 rings (SSSR count). The number of hydrogen-bond donors (Lipinski definition) is 1. The minimum absolute atomic E-state index is 0.343. The van der Waals surface area contributed by atoms with Gasteiger partial charge in [-0.3, -0.25) is 9.59 Å². The minimum Gasteiger partial charge on any atom is -0.481 e. The van der Waals surface area contributed by atoms with E-state index in [2.05, 4.69) is 0 Å². The van der Waals surface area contributed by atoms with Gasteiger partial charge in [-0.25, -0.2) is 8.42 Å². The van der Waals surface area contributed by atoms with E-state index < -0.39 is 27.5 Å². The van der Waals surface area contributed by atoms with Crippen molar-refractivity contribution in [1.29, 1.82) is 0 Å². The van der Waals surface area contributed by atoms with Crippen molar-refractivity contribution in [3.63, 3.8) is 0 Å². The molecule has 0 aromatic heterocycles. The normalized spacial score (nSPS) is 22.1. The van der Waals surface area contributed by atoms with Gasteiger partial charge in [-0.15, -0.1) is 0 Å². The molecule has 1 aliphatic heterocycles. The van der Waals surface area contributed by atoms with Gasteiger partial charge in [0.2, 0.25) is 5.91 Å². The van der Waals surface area contributed by atoms with Gasteiger partial charge in [-0.05, 0) is 25.7 Å². The summed E-state index contributed by atoms with van der Waals surface area (Å²) in [6.07, 6.45) is 3.98. The number of piperidine rings is 1. The number of likely N-dealkylation sites (tertiary alicyclic amines) is 1. The van der Waals surface area contributed by atoms with Crippen LogP contribution in [0.1, 0.15) is 38.5 Å². The number of nitrogens with zero attached hydrogens (tertiary/aromatic N) is 1. The van der Waals surface area contributed by atoms with Crippen molar-refractivity contribution in [2.75, 3.05) is 18.8 Å². The van der Waals surface area contributed by atoms with Crippen LogP contribution >= 0.6 is 0 Å². The molecule has 7 heteroatoms. The second-order valence-corrected chi connectivity index (χ2v) is 7.99. The lowest BCUT2D eigenvalue weighted by atomic mass is 9.97. The second kappa shape index (κ2) is 6.11. The summed E-state index contributed by atoms with van der Waals surface area (Å²) < 4.78 is 24.2. The molecule has 2 aliphatic rings. The molecule has 1 saturated heterocycles. The Morgan fingerprint density at radius 2 is 1.60 bits per heavy atom. The van der Waals surface area contributed by atoms with E-state index >= 15 is 0 Å². The highest BCUT2D eigenvalue weighted by Gasteiger charge is 2.33. The Morgan fingerprint density at radius 3 is 2.10 bits per heavy atom. The van der Waals surface area contributed by atoms with Gasteiger partial charge >= 0.3 is 5.97 Å². The van der Waals surface area contributed by atoms with Gasteiger partial charge in [0.1, 0.15) is 5.75 Å². The van der Waals surface area contributed by atoms with Crippen LogP contribution < -0.4 is 0 Å². The maximum absolute atomic E-state index is 12.1. The lowest BCUT2D eigenvalue weighted by Gasteiger charge is -2.30. The van der Waals surface area contributed by atoms with Crippen LogP contribution in [0, 0.1) is 5.92 Å². The van der Waals surface area contributed by atoms with E-state index in [9.17, 15) is 18.0 Å². The topological polar surface area (TPSA) is 91.8 Å². The van der Waals surface area contributed by atoms with Gasteiger partial charge in [0, 0.05) is 13.1 Å². The molecular weight excluding hydrogens is 282 g/mol. The fourth-order valence-electron chi connectivity index (χ4n) is 3.00. The number of aliphatic carboxylic acids is 1. The summed E-state index contributed by atoms with van der Waals surface area (Å²) in [4.78, 5) is 24.4. The molecule has 0 unspecified atom stereocenters. The number of rotatable bonds is 4. The van der Waals surface area contributed by atoms with Crippen LogP contribution in [0.2, 0.25) is 0 Å². The average Bonchev–Trinajstić information content (AvgIpc) is 2.93. The summed E-state index contributed by atoms with van der Waals surface area (Å²) >= 11 is 0. The lowest BCUT2D eigenvalue weighted by Crippen LogP contribution is -2.43. The van der Waals surface area contributed by atoms with E-state index in [0.717, 1.165) is 12.8 Å². The SMILES string of the molecule is O=C(O)C1CCN(C(=O)CS(=O)(=O)C2CCCC2)CC1. The summed E-state index contributed by atoms with van der Waals surface area (Å²) in [5.41, 5.74) is 0. The summed E-state index contributed by atoms with van der Waals surface area (Å²) in [5.74, 6) is -2.04. The largest absolute Gasteiger partial charge is 0.481 e. The van der Waals surface area contributed by atoms with Crippen LogP contribution in [0.5, 0.6) is 0 Å². The maximum Gasteiger partial charge on any atom is 0.306 e. The first-order valence-corrected chi connectivity index (χ1v) is 8.84. The minimum atomic E-state index is -3.35. The van der Waals surface area contributed by atoms with E-state index in [-0.39, 0.29) is 11.2 Å². The first kappa shape index (κ1) is 15.3. The van der Waals surface area contributed by atoms with Crippen molar-refractivity contribution in [2.45, 2.75) is 43.8 Å². The number of sulfone groups is 1. The van der Waals surface area contributed by atoms with Crippen molar-refractivity contribution in [2.24, 2.45) is 5.92 Å². The Morgan fingerprint density at radius 1 is 1.05 bits per heavy atom. The van der Waals surface area contributed by atoms with Gasteiger partial charge in [0.25, 0.3) is 0 Å². The highest BCUT2D eigenvalue weighted by molar-refractivity contribution is 7.92. The number of carbonyl (C=O) groups is 2. The highest BCUT2D eigenvalue weighted by atomic mass is 32.2. The van der Waals surface area contributed by atoms with Gasteiger partial charge in [-0.1, -0.05) is 12.8 Å². The van der Waals surface area contributed by atoms with E-state index in [1.165, 1.54) is 4.90 Å². The molecule has 6 nitrogen and oxygen atoms in total. The number of amides is 1. The molecule has 0 aromatic carbocycles. The van der Waals surface area contributed by atoms with Crippen LogP contribution in [-0.4, -0.2) is 54.4 Å². The third-order valence-corrected chi connectivity index (χ3v) is 6.47. The van der Waals surface area contributed by atoms with Crippen LogP contribution in [-0.2, 0) is 19.4 Å². The maximum atomic E-state index is 12.1. The van der Waals surface area contributed by atoms with Crippen LogP contribution in [0.25, 0.3) is 0 Å². The molecule has 1 amide bonds. The standard InChI is InChI=1S/C13H21NO5S/c15-12(9-20(18,19)11-3-1-2-4-11)14-7-5-10(6-8-14)13(16)17/h10-11H,1-9H2,(H,16,17).